The lowest BCUT2D eigenvalue weighted by Crippen LogP contribution is -2.37. The van der Waals surface area contributed by atoms with Crippen molar-refractivity contribution in [3.8, 4) is 0 Å². The maximum absolute atomic E-state index is 12.0. The van der Waals surface area contributed by atoms with E-state index in [0.717, 1.165) is 16.2 Å². The Morgan fingerprint density at radius 2 is 1.91 bits per heavy atom. The molecule has 1 aromatic rings. The molecule has 0 unspecified atom stereocenters. The zero-order valence-corrected chi connectivity index (χ0v) is 15.0. The summed E-state index contributed by atoms with van der Waals surface area (Å²) in [5, 5.41) is 11.5. The van der Waals surface area contributed by atoms with Gasteiger partial charge in [0.15, 0.2) is 0 Å². The second-order valence-corrected chi connectivity index (χ2v) is 8.71. The van der Waals surface area contributed by atoms with E-state index in [1.165, 1.54) is 13.0 Å². The number of carboxylic acid groups (broad SMARTS) is 1. The lowest BCUT2D eigenvalue weighted by atomic mass is 10.1. The third-order valence-corrected chi connectivity index (χ3v) is 6.07. The number of carbonyl (C=O) groups excluding carboxylic acids is 1. The van der Waals surface area contributed by atoms with Crippen LogP contribution in [0.5, 0.6) is 0 Å². The van der Waals surface area contributed by atoms with Gasteiger partial charge in [-0.05, 0) is 31.4 Å². The molecule has 3 N–H and O–H groups in total. The Labute approximate surface area is 140 Å². The van der Waals surface area contributed by atoms with Crippen molar-refractivity contribution in [1.82, 2.24) is 10.0 Å². The van der Waals surface area contributed by atoms with Gasteiger partial charge in [-0.1, -0.05) is 13.8 Å². The first kappa shape index (κ1) is 19.6. The molecule has 23 heavy (non-hydrogen) atoms. The second kappa shape index (κ2) is 8.42. The van der Waals surface area contributed by atoms with Crippen molar-refractivity contribution in [3.05, 3.63) is 17.0 Å². The summed E-state index contributed by atoms with van der Waals surface area (Å²) < 4.78 is 26.2. The predicted octanol–water partition coefficient (Wildman–Crippen LogP) is 1.20. The number of sulfonamides is 1. The van der Waals surface area contributed by atoms with Gasteiger partial charge in [-0.3, -0.25) is 9.59 Å². The van der Waals surface area contributed by atoms with E-state index < -0.39 is 22.0 Å². The van der Waals surface area contributed by atoms with Crippen molar-refractivity contribution in [3.63, 3.8) is 0 Å². The summed E-state index contributed by atoms with van der Waals surface area (Å²) in [5.74, 6) is -0.977. The van der Waals surface area contributed by atoms with Crippen LogP contribution in [-0.2, 0) is 26.0 Å². The molecule has 0 bridgehead atoms. The van der Waals surface area contributed by atoms with E-state index in [1.54, 1.807) is 6.07 Å². The lowest BCUT2D eigenvalue weighted by Gasteiger charge is -2.08. The molecule has 0 radical (unpaired) electrons. The fourth-order valence-corrected chi connectivity index (χ4v) is 4.31. The van der Waals surface area contributed by atoms with Gasteiger partial charge in [0.2, 0.25) is 5.91 Å². The summed E-state index contributed by atoms with van der Waals surface area (Å²) in [6, 6.07) is 1.91. The van der Waals surface area contributed by atoms with Crippen LogP contribution in [-0.4, -0.2) is 38.0 Å². The average Bonchev–Trinajstić information content (AvgIpc) is 2.86. The predicted molar refractivity (Wildman–Crippen MR) is 87.9 cm³/mol. The highest BCUT2D eigenvalue weighted by Crippen LogP contribution is 2.22. The first-order valence-corrected chi connectivity index (χ1v) is 9.52. The Balaban J connectivity index is 2.57. The van der Waals surface area contributed by atoms with Gasteiger partial charge in [0.05, 0.1) is 0 Å². The molecule has 1 rings (SSSR count). The SMILES string of the molecule is CC(C)CC(=O)NCCc1ccc(S(=O)(=O)N[C@H](C)C(=O)O)s1. The molecule has 130 valence electrons. The number of amides is 1. The van der Waals surface area contributed by atoms with Gasteiger partial charge in [0, 0.05) is 17.8 Å². The molecule has 9 heteroatoms. The number of carbonyl (C=O) groups is 2. The molecule has 0 aliphatic carbocycles. The molecule has 0 aliphatic heterocycles. The van der Waals surface area contributed by atoms with Gasteiger partial charge in [-0.15, -0.1) is 11.3 Å². The van der Waals surface area contributed by atoms with Crippen molar-refractivity contribution in [2.75, 3.05) is 6.54 Å². The normalized spacial score (nSPS) is 13.0. The molecule has 1 atom stereocenters. The third-order valence-electron chi connectivity index (χ3n) is 2.89. The molecular formula is C14H22N2O5S2. The van der Waals surface area contributed by atoms with Crippen LogP contribution in [0.2, 0.25) is 0 Å². The van der Waals surface area contributed by atoms with Crippen LogP contribution in [0.4, 0.5) is 0 Å². The number of hydrogen-bond donors (Lipinski definition) is 3. The largest absolute Gasteiger partial charge is 0.480 e. The van der Waals surface area contributed by atoms with Crippen molar-refractivity contribution < 1.29 is 23.1 Å². The van der Waals surface area contributed by atoms with Crippen LogP contribution in [0.25, 0.3) is 0 Å². The summed E-state index contributed by atoms with van der Waals surface area (Å²) in [5.41, 5.74) is 0. The Kier molecular flexibility index (Phi) is 7.17. The van der Waals surface area contributed by atoms with Crippen LogP contribution in [0.3, 0.4) is 0 Å². The molecule has 0 spiro atoms. The summed E-state index contributed by atoms with van der Waals surface area (Å²) in [7, 11) is -3.84. The smallest absolute Gasteiger partial charge is 0.321 e. The topological polar surface area (TPSA) is 113 Å². The van der Waals surface area contributed by atoms with Crippen molar-refractivity contribution in [1.29, 1.82) is 0 Å². The third kappa shape index (κ3) is 6.67. The first-order chi connectivity index (χ1) is 10.6. The van der Waals surface area contributed by atoms with Crippen LogP contribution < -0.4 is 10.0 Å². The Hall–Kier alpha value is -1.45. The van der Waals surface area contributed by atoms with Crippen molar-refractivity contribution in [2.24, 2.45) is 5.92 Å². The van der Waals surface area contributed by atoms with E-state index in [2.05, 4.69) is 10.0 Å². The molecule has 1 heterocycles. The fraction of sp³-hybridized carbons (Fsp3) is 0.571. The zero-order valence-electron chi connectivity index (χ0n) is 13.3. The standard InChI is InChI=1S/C14H22N2O5S2/c1-9(2)8-12(17)15-7-6-11-4-5-13(22-11)23(20,21)16-10(3)14(18)19/h4-5,9-10,16H,6-8H2,1-3H3,(H,15,17)(H,18,19)/t10-/m1/s1. The Morgan fingerprint density at radius 1 is 1.26 bits per heavy atom. The Morgan fingerprint density at radius 3 is 2.48 bits per heavy atom. The summed E-state index contributed by atoms with van der Waals surface area (Å²) >= 11 is 1.06. The van der Waals surface area contributed by atoms with Gasteiger partial charge in [0.25, 0.3) is 10.0 Å². The number of aliphatic carboxylic acids is 1. The van der Waals surface area contributed by atoms with E-state index in [-0.39, 0.29) is 16.0 Å². The molecule has 0 aromatic carbocycles. The van der Waals surface area contributed by atoms with Crippen molar-refractivity contribution in [2.45, 2.75) is 43.9 Å². The maximum atomic E-state index is 12.0. The molecular weight excluding hydrogens is 340 g/mol. The highest BCUT2D eigenvalue weighted by molar-refractivity contribution is 7.91. The number of carboxylic acids is 1. The highest BCUT2D eigenvalue weighted by Gasteiger charge is 2.23. The minimum Gasteiger partial charge on any atom is -0.480 e. The monoisotopic (exact) mass is 362 g/mol. The average molecular weight is 362 g/mol. The van der Waals surface area contributed by atoms with E-state index in [1.807, 2.05) is 13.8 Å². The molecule has 0 fully saturated rings. The number of rotatable bonds is 9. The maximum Gasteiger partial charge on any atom is 0.321 e. The quantitative estimate of drug-likeness (QED) is 0.611. The van der Waals surface area contributed by atoms with Crippen molar-refractivity contribution >= 4 is 33.2 Å². The van der Waals surface area contributed by atoms with E-state index in [0.29, 0.717) is 19.4 Å². The zero-order chi connectivity index (χ0) is 17.6. The minimum atomic E-state index is -3.84. The number of nitrogens with one attached hydrogen (secondary N) is 2. The van der Waals surface area contributed by atoms with Gasteiger partial charge in [-0.2, -0.15) is 4.72 Å². The molecule has 7 nitrogen and oxygen atoms in total. The Bertz CT molecular complexity index is 652. The van der Waals surface area contributed by atoms with Gasteiger partial charge in [-0.25, -0.2) is 8.42 Å². The number of hydrogen-bond acceptors (Lipinski definition) is 5. The molecule has 0 saturated heterocycles. The summed E-state index contributed by atoms with van der Waals surface area (Å²) in [4.78, 5) is 23.1. The fourth-order valence-electron chi connectivity index (χ4n) is 1.75. The van der Waals surface area contributed by atoms with E-state index in [9.17, 15) is 18.0 Å². The summed E-state index contributed by atoms with van der Waals surface area (Å²) in [6.07, 6.45) is 0.986. The molecule has 0 saturated carbocycles. The summed E-state index contributed by atoms with van der Waals surface area (Å²) in [6.45, 7) is 5.62. The number of thiophene rings is 1. The van der Waals surface area contributed by atoms with Crippen LogP contribution >= 0.6 is 11.3 Å². The van der Waals surface area contributed by atoms with Gasteiger partial charge >= 0.3 is 5.97 Å². The second-order valence-electron chi connectivity index (χ2n) is 5.60. The van der Waals surface area contributed by atoms with Gasteiger partial charge in [0.1, 0.15) is 10.3 Å². The molecule has 1 aromatic heterocycles. The van der Waals surface area contributed by atoms with Gasteiger partial charge < -0.3 is 10.4 Å². The lowest BCUT2D eigenvalue weighted by molar-refractivity contribution is -0.138. The van der Waals surface area contributed by atoms with E-state index >= 15 is 0 Å². The van der Waals surface area contributed by atoms with Crippen LogP contribution in [0.1, 0.15) is 32.1 Å². The molecule has 0 aliphatic rings. The highest BCUT2D eigenvalue weighted by atomic mass is 32.2. The van der Waals surface area contributed by atoms with Crippen LogP contribution in [0.15, 0.2) is 16.3 Å². The molecule has 1 amide bonds. The minimum absolute atomic E-state index is 0.0265. The first-order valence-electron chi connectivity index (χ1n) is 7.22. The van der Waals surface area contributed by atoms with E-state index in [4.69, 9.17) is 5.11 Å². The van der Waals surface area contributed by atoms with Crippen LogP contribution in [0, 0.1) is 5.92 Å².